The standard InChI is InChI=1S/C14H17N5/c15-19-14(18-13-7-2-1-3-8-13)17-11-9-12-6-4-5-10-16-12/h1-8,10H,9,11,15H2,(H2,17,18,19). The molecule has 1 aromatic carbocycles. The van der Waals surface area contributed by atoms with Gasteiger partial charge in [-0.2, -0.15) is 0 Å². The molecule has 0 aliphatic rings. The monoisotopic (exact) mass is 255 g/mol. The average Bonchev–Trinajstić information content (AvgIpc) is 2.48. The number of guanidine groups is 1. The number of nitrogens with zero attached hydrogens (tertiary/aromatic N) is 2. The molecule has 5 nitrogen and oxygen atoms in total. The molecule has 0 saturated heterocycles. The summed E-state index contributed by atoms with van der Waals surface area (Å²) in [7, 11) is 0. The molecular weight excluding hydrogens is 238 g/mol. The minimum atomic E-state index is 0.544. The normalized spacial score (nSPS) is 11.1. The molecule has 0 atom stereocenters. The van der Waals surface area contributed by atoms with Crippen LogP contribution in [0.25, 0.3) is 0 Å². The van der Waals surface area contributed by atoms with Crippen molar-refractivity contribution in [3.63, 3.8) is 0 Å². The highest BCUT2D eigenvalue weighted by atomic mass is 15.3. The van der Waals surface area contributed by atoms with Crippen molar-refractivity contribution in [1.82, 2.24) is 10.4 Å². The largest absolute Gasteiger partial charge is 0.325 e. The summed E-state index contributed by atoms with van der Waals surface area (Å²) in [5, 5.41) is 3.11. The molecule has 4 N–H and O–H groups in total. The van der Waals surface area contributed by atoms with E-state index >= 15 is 0 Å². The molecular formula is C14H17N5. The maximum absolute atomic E-state index is 5.44. The molecule has 0 aliphatic carbocycles. The van der Waals surface area contributed by atoms with Crippen LogP contribution in [0.1, 0.15) is 5.69 Å². The van der Waals surface area contributed by atoms with Gasteiger partial charge in [-0.3, -0.25) is 15.4 Å². The fraction of sp³-hybridized carbons (Fsp3) is 0.143. The molecule has 0 unspecified atom stereocenters. The number of nitrogens with one attached hydrogen (secondary N) is 2. The highest BCUT2D eigenvalue weighted by Gasteiger charge is 1.97. The van der Waals surface area contributed by atoms with E-state index in [-0.39, 0.29) is 0 Å². The summed E-state index contributed by atoms with van der Waals surface area (Å²) in [6.07, 6.45) is 2.56. The number of aromatic nitrogens is 1. The third kappa shape index (κ3) is 4.40. The molecule has 2 rings (SSSR count). The van der Waals surface area contributed by atoms with Crippen molar-refractivity contribution >= 4 is 11.6 Å². The van der Waals surface area contributed by atoms with E-state index in [1.165, 1.54) is 0 Å². The lowest BCUT2D eigenvalue weighted by Gasteiger charge is -2.08. The molecule has 2 aromatic rings. The van der Waals surface area contributed by atoms with Gasteiger partial charge in [-0.1, -0.05) is 24.3 Å². The number of benzene rings is 1. The molecule has 0 bridgehead atoms. The Morgan fingerprint density at radius 3 is 2.58 bits per heavy atom. The minimum absolute atomic E-state index is 0.544. The number of pyridine rings is 1. The van der Waals surface area contributed by atoms with E-state index in [0.29, 0.717) is 12.5 Å². The molecule has 0 saturated carbocycles. The van der Waals surface area contributed by atoms with Gasteiger partial charge in [-0.25, -0.2) is 5.84 Å². The first-order valence-corrected chi connectivity index (χ1v) is 6.11. The Morgan fingerprint density at radius 2 is 1.89 bits per heavy atom. The first-order valence-electron chi connectivity index (χ1n) is 6.11. The van der Waals surface area contributed by atoms with Crippen molar-refractivity contribution in [3.8, 4) is 0 Å². The van der Waals surface area contributed by atoms with Crippen molar-refractivity contribution in [2.45, 2.75) is 6.42 Å². The zero-order valence-corrected chi connectivity index (χ0v) is 10.6. The molecule has 0 radical (unpaired) electrons. The van der Waals surface area contributed by atoms with Gasteiger partial charge in [0, 0.05) is 30.5 Å². The van der Waals surface area contributed by atoms with Gasteiger partial charge in [0.1, 0.15) is 0 Å². The second-order valence-electron chi connectivity index (χ2n) is 3.94. The summed E-state index contributed by atoms with van der Waals surface area (Å²) in [5.41, 5.74) is 4.51. The summed E-state index contributed by atoms with van der Waals surface area (Å²) < 4.78 is 0. The zero-order valence-electron chi connectivity index (χ0n) is 10.6. The lowest BCUT2D eigenvalue weighted by atomic mass is 10.3. The Bertz CT molecular complexity index is 510. The van der Waals surface area contributed by atoms with E-state index in [4.69, 9.17) is 5.84 Å². The third-order valence-corrected chi connectivity index (χ3v) is 2.54. The van der Waals surface area contributed by atoms with E-state index in [1.54, 1.807) is 6.20 Å². The van der Waals surface area contributed by atoms with Gasteiger partial charge in [0.05, 0.1) is 0 Å². The van der Waals surface area contributed by atoms with Crippen LogP contribution in [0.4, 0.5) is 5.69 Å². The van der Waals surface area contributed by atoms with E-state index in [2.05, 4.69) is 20.7 Å². The van der Waals surface area contributed by atoms with Crippen molar-refractivity contribution in [2.24, 2.45) is 10.8 Å². The molecule has 0 aliphatic heterocycles. The van der Waals surface area contributed by atoms with Gasteiger partial charge in [-0.15, -0.1) is 0 Å². The second kappa shape index (κ2) is 7.13. The van der Waals surface area contributed by atoms with Gasteiger partial charge in [0.15, 0.2) is 0 Å². The van der Waals surface area contributed by atoms with Crippen LogP contribution < -0.4 is 16.6 Å². The molecule has 0 amide bonds. The van der Waals surface area contributed by atoms with Gasteiger partial charge in [-0.05, 0) is 24.3 Å². The van der Waals surface area contributed by atoms with Crippen LogP contribution in [-0.4, -0.2) is 17.5 Å². The van der Waals surface area contributed by atoms with Gasteiger partial charge >= 0.3 is 0 Å². The maximum atomic E-state index is 5.44. The topological polar surface area (TPSA) is 75.3 Å². The molecule has 1 heterocycles. The van der Waals surface area contributed by atoms with Gasteiger partial charge < -0.3 is 5.32 Å². The Kier molecular flexibility index (Phi) is 4.89. The predicted octanol–water partition coefficient (Wildman–Crippen LogP) is 1.56. The Morgan fingerprint density at radius 1 is 1.11 bits per heavy atom. The van der Waals surface area contributed by atoms with Crippen molar-refractivity contribution in [2.75, 3.05) is 11.9 Å². The van der Waals surface area contributed by atoms with Crippen molar-refractivity contribution < 1.29 is 0 Å². The Balaban J connectivity index is 1.89. The Labute approximate surface area is 112 Å². The molecule has 19 heavy (non-hydrogen) atoms. The lowest BCUT2D eigenvalue weighted by Crippen LogP contribution is -2.36. The summed E-state index contributed by atoms with van der Waals surface area (Å²) in [6, 6.07) is 15.6. The van der Waals surface area contributed by atoms with E-state index in [0.717, 1.165) is 17.8 Å². The predicted molar refractivity (Wildman–Crippen MR) is 77.6 cm³/mol. The third-order valence-electron chi connectivity index (χ3n) is 2.54. The highest BCUT2D eigenvalue weighted by Crippen LogP contribution is 2.04. The lowest BCUT2D eigenvalue weighted by molar-refractivity contribution is 0.901. The smallest absolute Gasteiger partial charge is 0.210 e. The minimum Gasteiger partial charge on any atom is -0.325 e. The first kappa shape index (κ1) is 13.0. The molecule has 1 aromatic heterocycles. The summed E-state index contributed by atoms with van der Waals surface area (Å²) in [4.78, 5) is 8.61. The average molecular weight is 255 g/mol. The number of rotatable bonds is 4. The Hall–Kier alpha value is -2.40. The SMILES string of the molecule is NNC(=NCCc1ccccn1)Nc1ccccc1. The van der Waals surface area contributed by atoms with E-state index in [1.807, 2.05) is 48.5 Å². The molecule has 98 valence electrons. The number of hydrazine groups is 1. The quantitative estimate of drug-likeness (QED) is 0.335. The number of anilines is 1. The summed E-state index contributed by atoms with van der Waals surface area (Å²) in [6.45, 7) is 0.621. The van der Waals surface area contributed by atoms with Crippen LogP contribution in [0, 0.1) is 0 Å². The van der Waals surface area contributed by atoms with E-state index < -0.39 is 0 Å². The fourth-order valence-electron chi connectivity index (χ4n) is 1.61. The van der Waals surface area contributed by atoms with Crippen LogP contribution in [0.15, 0.2) is 59.7 Å². The number of aliphatic imine (C=N–C) groups is 1. The number of hydrogen-bond donors (Lipinski definition) is 3. The van der Waals surface area contributed by atoms with E-state index in [9.17, 15) is 0 Å². The van der Waals surface area contributed by atoms with Crippen molar-refractivity contribution in [3.05, 3.63) is 60.4 Å². The van der Waals surface area contributed by atoms with Gasteiger partial charge in [0.2, 0.25) is 5.96 Å². The number of nitrogens with two attached hydrogens (primary N) is 1. The summed E-state index contributed by atoms with van der Waals surface area (Å²) >= 11 is 0. The molecule has 0 spiro atoms. The van der Waals surface area contributed by atoms with Gasteiger partial charge in [0.25, 0.3) is 0 Å². The molecule has 5 heteroatoms. The van der Waals surface area contributed by atoms with Crippen LogP contribution >= 0.6 is 0 Å². The van der Waals surface area contributed by atoms with Crippen LogP contribution in [0.2, 0.25) is 0 Å². The van der Waals surface area contributed by atoms with Crippen molar-refractivity contribution in [1.29, 1.82) is 0 Å². The maximum Gasteiger partial charge on any atom is 0.210 e. The second-order valence-corrected chi connectivity index (χ2v) is 3.94. The molecule has 0 fully saturated rings. The summed E-state index contributed by atoms with van der Waals surface area (Å²) in [5.74, 6) is 5.98. The highest BCUT2D eigenvalue weighted by molar-refractivity contribution is 5.93. The number of para-hydroxylation sites is 1. The van der Waals surface area contributed by atoms with Crippen LogP contribution in [0.3, 0.4) is 0 Å². The van der Waals surface area contributed by atoms with Crippen LogP contribution in [-0.2, 0) is 6.42 Å². The zero-order chi connectivity index (χ0) is 13.3. The first-order chi connectivity index (χ1) is 9.38. The fourth-order valence-corrected chi connectivity index (χ4v) is 1.61. The van der Waals surface area contributed by atoms with Crippen LogP contribution in [0.5, 0.6) is 0 Å². The number of hydrogen-bond acceptors (Lipinski definition) is 3.